The van der Waals surface area contributed by atoms with E-state index < -0.39 is 12.1 Å². The first kappa shape index (κ1) is 21.5. The van der Waals surface area contributed by atoms with Crippen molar-refractivity contribution >= 4 is 12.0 Å². The minimum atomic E-state index is -0.517. The third kappa shape index (κ3) is 9.97. The van der Waals surface area contributed by atoms with Crippen LogP contribution in [-0.2, 0) is 9.53 Å². The van der Waals surface area contributed by atoms with E-state index in [-0.39, 0.29) is 12.0 Å². The Labute approximate surface area is 141 Å². The largest absolute Gasteiger partial charge is 0.447 e. The summed E-state index contributed by atoms with van der Waals surface area (Å²) in [7, 11) is 0. The summed E-state index contributed by atoms with van der Waals surface area (Å²) >= 11 is 0. The number of hydrogen-bond donors (Lipinski definition) is 1. The molecule has 1 atom stereocenters. The number of likely N-dealkylation sites (N-methyl/N-ethyl adjacent to an activating group) is 1. The molecule has 0 aromatic heterocycles. The van der Waals surface area contributed by atoms with Crippen molar-refractivity contribution in [3.63, 3.8) is 0 Å². The molecule has 0 saturated heterocycles. The van der Waals surface area contributed by atoms with Crippen LogP contribution in [0, 0.1) is 0 Å². The van der Waals surface area contributed by atoms with E-state index >= 15 is 0 Å². The Morgan fingerprint density at radius 2 is 1.91 bits per heavy atom. The first-order valence-corrected chi connectivity index (χ1v) is 8.83. The fraction of sp³-hybridized carbons (Fsp3) is 0.778. The SMILES string of the molecule is C=CCCCCC[C@H](NC(=O)OC(C)C)C(=O)N(CC)CCC. The van der Waals surface area contributed by atoms with E-state index in [2.05, 4.69) is 11.9 Å². The predicted molar refractivity (Wildman–Crippen MR) is 94.4 cm³/mol. The van der Waals surface area contributed by atoms with Crippen molar-refractivity contribution in [2.75, 3.05) is 13.1 Å². The molecule has 0 fully saturated rings. The molecule has 1 N–H and O–H groups in total. The number of amides is 2. The number of carbonyl (C=O) groups excluding carboxylic acids is 2. The van der Waals surface area contributed by atoms with Crippen molar-refractivity contribution in [1.82, 2.24) is 10.2 Å². The maximum Gasteiger partial charge on any atom is 0.408 e. The van der Waals surface area contributed by atoms with Gasteiger partial charge in [-0.25, -0.2) is 4.79 Å². The van der Waals surface area contributed by atoms with Crippen LogP contribution in [0.4, 0.5) is 4.79 Å². The second-order valence-corrected chi connectivity index (χ2v) is 6.00. The van der Waals surface area contributed by atoms with Crippen LogP contribution in [0.1, 0.15) is 66.2 Å². The van der Waals surface area contributed by atoms with Crippen LogP contribution in [0.25, 0.3) is 0 Å². The molecule has 0 unspecified atom stereocenters. The van der Waals surface area contributed by atoms with Crippen LogP contribution in [0.2, 0.25) is 0 Å². The van der Waals surface area contributed by atoms with E-state index in [1.165, 1.54) is 0 Å². The van der Waals surface area contributed by atoms with Crippen molar-refractivity contribution < 1.29 is 14.3 Å². The maximum atomic E-state index is 12.6. The fourth-order valence-electron chi connectivity index (χ4n) is 2.38. The summed E-state index contributed by atoms with van der Waals surface area (Å²) < 4.78 is 5.12. The van der Waals surface area contributed by atoms with Gasteiger partial charge in [0.25, 0.3) is 0 Å². The third-order valence-electron chi connectivity index (χ3n) is 3.52. The summed E-state index contributed by atoms with van der Waals surface area (Å²) in [6.45, 7) is 12.7. The van der Waals surface area contributed by atoms with Crippen LogP contribution >= 0.6 is 0 Å². The number of nitrogens with one attached hydrogen (secondary N) is 1. The van der Waals surface area contributed by atoms with Gasteiger partial charge in [-0.3, -0.25) is 4.79 Å². The molecule has 5 heteroatoms. The van der Waals surface area contributed by atoms with Crippen molar-refractivity contribution in [1.29, 1.82) is 0 Å². The highest BCUT2D eigenvalue weighted by atomic mass is 16.6. The Morgan fingerprint density at radius 3 is 2.43 bits per heavy atom. The van der Waals surface area contributed by atoms with E-state index in [4.69, 9.17) is 4.74 Å². The summed E-state index contributed by atoms with van der Waals surface area (Å²) in [4.78, 5) is 26.3. The summed E-state index contributed by atoms with van der Waals surface area (Å²) in [5.74, 6) is -0.0150. The molecule has 0 bridgehead atoms. The van der Waals surface area contributed by atoms with E-state index in [0.717, 1.165) is 32.1 Å². The molecular weight excluding hydrogens is 292 g/mol. The second-order valence-electron chi connectivity index (χ2n) is 6.00. The first-order valence-electron chi connectivity index (χ1n) is 8.83. The molecular formula is C18H34N2O3. The third-order valence-corrected chi connectivity index (χ3v) is 3.52. The number of hydrogen-bond acceptors (Lipinski definition) is 3. The number of ether oxygens (including phenoxy) is 1. The Bertz CT molecular complexity index is 356. The normalized spacial score (nSPS) is 11.9. The average molecular weight is 326 g/mol. The summed E-state index contributed by atoms with van der Waals surface area (Å²) in [5, 5.41) is 2.74. The number of unbranched alkanes of at least 4 members (excludes halogenated alkanes) is 3. The van der Waals surface area contributed by atoms with Gasteiger partial charge < -0.3 is 15.0 Å². The van der Waals surface area contributed by atoms with Gasteiger partial charge in [-0.2, -0.15) is 0 Å². The van der Waals surface area contributed by atoms with Gasteiger partial charge >= 0.3 is 6.09 Å². The second kappa shape index (κ2) is 13.0. The lowest BCUT2D eigenvalue weighted by Gasteiger charge is -2.26. The molecule has 0 spiro atoms. The summed E-state index contributed by atoms with van der Waals surface area (Å²) in [6, 6.07) is -0.503. The highest BCUT2D eigenvalue weighted by Gasteiger charge is 2.25. The molecule has 0 heterocycles. The molecule has 0 aromatic carbocycles. The maximum absolute atomic E-state index is 12.6. The lowest BCUT2D eigenvalue weighted by Crippen LogP contribution is -2.49. The van der Waals surface area contributed by atoms with Crippen molar-refractivity contribution in [3.05, 3.63) is 12.7 Å². The van der Waals surface area contributed by atoms with Gasteiger partial charge in [0.05, 0.1) is 6.10 Å². The van der Waals surface area contributed by atoms with E-state index in [1.54, 1.807) is 18.7 Å². The molecule has 0 aromatic rings. The zero-order valence-corrected chi connectivity index (χ0v) is 15.3. The van der Waals surface area contributed by atoms with Crippen molar-refractivity contribution in [2.45, 2.75) is 78.4 Å². The van der Waals surface area contributed by atoms with Crippen LogP contribution in [-0.4, -0.2) is 42.1 Å². The van der Waals surface area contributed by atoms with Gasteiger partial charge in [0.2, 0.25) is 5.91 Å². The molecule has 2 amide bonds. The number of alkyl carbamates (subject to hydrolysis) is 1. The molecule has 0 rings (SSSR count). The van der Waals surface area contributed by atoms with Crippen LogP contribution in [0.3, 0.4) is 0 Å². The van der Waals surface area contributed by atoms with Crippen molar-refractivity contribution in [2.24, 2.45) is 0 Å². The lowest BCUT2D eigenvalue weighted by molar-refractivity contribution is -0.133. The number of rotatable bonds is 12. The Hall–Kier alpha value is -1.52. The highest BCUT2D eigenvalue weighted by molar-refractivity contribution is 5.85. The van der Waals surface area contributed by atoms with Crippen LogP contribution < -0.4 is 5.32 Å². The summed E-state index contributed by atoms with van der Waals surface area (Å²) in [5.41, 5.74) is 0. The first-order chi connectivity index (χ1) is 11.0. The zero-order valence-electron chi connectivity index (χ0n) is 15.3. The highest BCUT2D eigenvalue weighted by Crippen LogP contribution is 2.10. The zero-order chi connectivity index (χ0) is 17.7. The van der Waals surface area contributed by atoms with Crippen LogP contribution in [0.5, 0.6) is 0 Å². The minimum absolute atomic E-state index is 0.0150. The molecule has 134 valence electrons. The lowest BCUT2D eigenvalue weighted by atomic mass is 10.1. The minimum Gasteiger partial charge on any atom is -0.447 e. The van der Waals surface area contributed by atoms with Crippen molar-refractivity contribution in [3.8, 4) is 0 Å². The van der Waals surface area contributed by atoms with Gasteiger partial charge in [0.15, 0.2) is 0 Å². The topological polar surface area (TPSA) is 58.6 Å². The number of carbonyl (C=O) groups is 2. The monoisotopic (exact) mass is 326 g/mol. The number of allylic oxidation sites excluding steroid dienone is 1. The molecule has 0 aliphatic carbocycles. The smallest absolute Gasteiger partial charge is 0.408 e. The predicted octanol–water partition coefficient (Wildman–Crippen LogP) is 3.88. The van der Waals surface area contributed by atoms with Gasteiger partial charge in [-0.15, -0.1) is 6.58 Å². The standard InChI is InChI=1S/C18H34N2O3/c1-6-9-10-11-12-13-16(19-18(22)23-15(4)5)17(21)20(8-3)14-7-2/h6,15-16H,1,7-14H2,2-5H3,(H,19,22)/t16-/m0/s1. The molecule has 0 radical (unpaired) electrons. The Balaban J connectivity index is 4.66. The van der Waals surface area contributed by atoms with Gasteiger partial charge in [-0.05, 0) is 46.5 Å². The molecule has 0 saturated carbocycles. The van der Waals surface area contributed by atoms with Gasteiger partial charge in [-0.1, -0.05) is 25.8 Å². The fourth-order valence-corrected chi connectivity index (χ4v) is 2.38. The van der Waals surface area contributed by atoms with Gasteiger partial charge in [0, 0.05) is 13.1 Å². The van der Waals surface area contributed by atoms with E-state index in [1.807, 2.05) is 19.9 Å². The van der Waals surface area contributed by atoms with Crippen LogP contribution in [0.15, 0.2) is 12.7 Å². The molecule has 0 aliphatic rings. The average Bonchev–Trinajstić information content (AvgIpc) is 2.49. The Morgan fingerprint density at radius 1 is 1.22 bits per heavy atom. The Kier molecular flexibility index (Phi) is 12.1. The van der Waals surface area contributed by atoms with Gasteiger partial charge in [0.1, 0.15) is 6.04 Å². The molecule has 0 aliphatic heterocycles. The van der Waals surface area contributed by atoms with E-state index in [0.29, 0.717) is 19.5 Å². The number of nitrogens with zero attached hydrogens (tertiary/aromatic N) is 1. The quantitative estimate of drug-likeness (QED) is 0.437. The summed E-state index contributed by atoms with van der Waals surface area (Å²) in [6.07, 6.45) is 6.71. The molecule has 23 heavy (non-hydrogen) atoms. The molecule has 5 nitrogen and oxygen atoms in total. The van der Waals surface area contributed by atoms with E-state index in [9.17, 15) is 9.59 Å².